The number of carbonyl (C=O) groups is 2. The summed E-state index contributed by atoms with van der Waals surface area (Å²) in [5.74, 6) is -0.167. The molecule has 130 valence electrons. The highest BCUT2D eigenvalue weighted by molar-refractivity contribution is 5.86. The lowest BCUT2D eigenvalue weighted by Crippen LogP contribution is -2.45. The molecule has 0 bridgehead atoms. The zero-order valence-corrected chi connectivity index (χ0v) is 13.9. The van der Waals surface area contributed by atoms with Crippen LogP contribution < -0.4 is 5.32 Å². The molecule has 2 amide bonds. The van der Waals surface area contributed by atoms with Crippen LogP contribution in [0.2, 0.25) is 0 Å². The Bertz CT molecular complexity index is 645. The predicted octanol–water partition coefficient (Wildman–Crippen LogP) is 2.50. The number of benzene rings is 1. The van der Waals surface area contributed by atoms with E-state index in [0.717, 1.165) is 17.7 Å². The summed E-state index contributed by atoms with van der Waals surface area (Å²) in [5.41, 5.74) is 1.71. The molecular formula is C19H21N3O3. The number of hydrogen-bond acceptors (Lipinski definition) is 4. The number of carbonyl (C=O) groups excluding carboxylic acids is 2. The number of amides is 2. The van der Waals surface area contributed by atoms with E-state index in [1.54, 1.807) is 6.20 Å². The Morgan fingerprint density at radius 1 is 1.16 bits per heavy atom. The van der Waals surface area contributed by atoms with Crippen molar-refractivity contribution in [2.24, 2.45) is 0 Å². The number of pyridine rings is 1. The second-order valence-corrected chi connectivity index (χ2v) is 5.93. The number of hydrogen-bond donors (Lipinski definition) is 1. The molecule has 1 aliphatic heterocycles. The van der Waals surface area contributed by atoms with Gasteiger partial charge in [0.15, 0.2) is 0 Å². The fraction of sp³-hybridized carbons (Fsp3) is 0.316. The minimum Gasteiger partial charge on any atom is -0.445 e. The van der Waals surface area contributed by atoms with E-state index >= 15 is 0 Å². The van der Waals surface area contributed by atoms with Crippen LogP contribution in [0, 0.1) is 0 Å². The lowest BCUT2D eigenvalue weighted by molar-refractivity contribution is -0.125. The minimum atomic E-state index is -0.480. The van der Waals surface area contributed by atoms with Crippen molar-refractivity contribution in [3.05, 3.63) is 66.0 Å². The molecular weight excluding hydrogens is 318 g/mol. The number of nitrogens with zero attached hydrogens (tertiary/aromatic N) is 2. The Hall–Kier alpha value is -2.89. The summed E-state index contributed by atoms with van der Waals surface area (Å²) >= 11 is 0. The van der Waals surface area contributed by atoms with Crippen molar-refractivity contribution in [2.75, 3.05) is 6.54 Å². The van der Waals surface area contributed by atoms with Crippen molar-refractivity contribution in [1.82, 2.24) is 15.2 Å². The first kappa shape index (κ1) is 17.0. The van der Waals surface area contributed by atoms with E-state index in [2.05, 4.69) is 10.3 Å². The van der Waals surface area contributed by atoms with Gasteiger partial charge in [-0.3, -0.25) is 14.7 Å². The second kappa shape index (κ2) is 8.28. The van der Waals surface area contributed by atoms with Gasteiger partial charge in [-0.05, 0) is 30.5 Å². The van der Waals surface area contributed by atoms with E-state index in [0.29, 0.717) is 19.5 Å². The van der Waals surface area contributed by atoms with Gasteiger partial charge in [0.1, 0.15) is 12.6 Å². The van der Waals surface area contributed by atoms with Crippen molar-refractivity contribution in [3.63, 3.8) is 0 Å². The number of likely N-dealkylation sites (tertiary alicyclic amines) is 1. The summed E-state index contributed by atoms with van der Waals surface area (Å²) in [6, 6.07) is 14.6. The van der Waals surface area contributed by atoms with E-state index < -0.39 is 12.1 Å². The molecule has 2 heterocycles. The normalized spacial score (nSPS) is 16.5. The van der Waals surface area contributed by atoms with E-state index in [9.17, 15) is 9.59 Å². The third-order valence-corrected chi connectivity index (χ3v) is 4.16. The summed E-state index contributed by atoms with van der Waals surface area (Å²) in [6.45, 7) is 1.09. The van der Waals surface area contributed by atoms with Crippen LogP contribution in [-0.2, 0) is 22.7 Å². The molecule has 25 heavy (non-hydrogen) atoms. The second-order valence-electron chi connectivity index (χ2n) is 5.93. The summed E-state index contributed by atoms with van der Waals surface area (Å²) < 4.78 is 5.35. The van der Waals surface area contributed by atoms with Crippen molar-refractivity contribution in [2.45, 2.75) is 32.0 Å². The van der Waals surface area contributed by atoms with Gasteiger partial charge >= 0.3 is 6.09 Å². The van der Waals surface area contributed by atoms with Gasteiger partial charge < -0.3 is 10.1 Å². The van der Waals surface area contributed by atoms with Crippen molar-refractivity contribution in [3.8, 4) is 0 Å². The quantitative estimate of drug-likeness (QED) is 0.908. The van der Waals surface area contributed by atoms with Crippen LogP contribution >= 0.6 is 0 Å². The molecule has 1 N–H and O–H groups in total. The Labute approximate surface area is 146 Å². The zero-order chi connectivity index (χ0) is 17.5. The van der Waals surface area contributed by atoms with Crippen LogP contribution in [0.5, 0.6) is 0 Å². The molecule has 6 nitrogen and oxygen atoms in total. The summed E-state index contributed by atoms with van der Waals surface area (Å²) in [7, 11) is 0. The minimum absolute atomic E-state index is 0.167. The van der Waals surface area contributed by atoms with Gasteiger partial charge in [0.25, 0.3) is 0 Å². The van der Waals surface area contributed by atoms with Gasteiger partial charge in [0.2, 0.25) is 5.91 Å². The maximum atomic E-state index is 12.4. The molecule has 1 aromatic heterocycles. The molecule has 1 aromatic carbocycles. The van der Waals surface area contributed by atoms with Crippen molar-refractivity contribution >= 4 is 12.0 Å². The first-order valence-corrected chi connectivity index (χ1v) is 8.39. The first-order valence-electron chi connectivity index (χ1n) is 8.39. The predicted molar refractivity (Wildman–Crippen MR) is 92.4 cm³/mol. The first-order chi connectivity index (χ1) is 12.2. The molecule has 2 aromatic rings. The summed E-state index contributed by atoms with van der Waals surface area (Å²) in [5, 5.41) is 2.85. The Morgan fingerprint density at radius 3 is 2.72 bits per heavy atom. The molecule has 1 saturated heterocycles. The molecule has 0 radical (unpaired) electrons. The standard InChI is InChI=1S/C19H21N3O3/c23-18(21-13-16-9-4-5-11-20-16)17-10-6-12-22(17)19(24)25-14-15-7-2-1-3-8-15/h1-5,7-9,11,17H,6,10,12-14H2,(H,21,23). The largest absolute Gasteiger partial charge is 0.445 e. The molecule has 0 spiro atoms. The topological polar surface area (TPSA) is 71.5 Å². The van der Waals surface area contributed by atoms with Crippen molar-refractivity contribution < 1.29 is 14.3 Å². The van der Waals surface area contributed by atoms with E-state index in [1.807, 2.05) is 48.5 Å². The van der Waals surface area contributed by atoms with Crippen LogP contribution in [0.15, 0.2) is 54.7 Å². The third-order valence-electron chi connectivity index (χ3n) is 4.16. The lowest BCUT2D eigenvalue weighted by atomic mass is 10.2. The van der Waals surface area contributed by atoms with E-state index in [-0.39, 0.29) is 12.5 Å². The smallest absolute Gasteiger partial charge is 0.410 e. The van der Waals surface area contributed by atoms with Crippen LogP contribution in [-0.4, -0.2) is 34.5 Å². The monoisotopic (exact) mass is 339 g/mol. The molecule has 0 saturated carbocycles. The lowest BCUT2D eigenvalue weighted by Gasteiger charge is -2.23. The van der Waals surface area contributed by atoms with Gasteiger partial charge in [0, 0.05) is 12.7 Å². The Balaban J connectivity index is 1.52. The summed E-state index contributed by atoms with van der Waals surface area (Å²) in [4.78, 5) is 30.4. The molecule has 1 unspecified atom stereocenters. The fourth-order valence-corrected chi connectivity index (χ4v) is 2.86. The van der Waals surface area contributed by atoms with Crippen LogP contribution in [0.3, 0.4) is 0 Å². The van der Waals surface area contributed by atoms with Crippen LogP contribution in [0.1, 0.15) is 24.1 Å². The number of aromatic nitrogens is 1. The average Bonchev–Trinajstić information content (AvgIpc) is 3.16. The highest BCUT2D eigenvalue weighted by Gasteiger charge is 2.34. The molecule has 0 aliphatic carbocycles. The molecule has 3 rings (SSSR count). The highest BCUT2D eigenvalue weighted by Crippen LogP contribution is 2.19. The van der Waals surface area contributed by atoms with Gasteiger partial charge in [-0.15, -0.1) is 0 Å². The van der Waals surface area contributed by atoms with Crippen LogP contribution in [0.25, 0.3) is 0 Å². The molecule has 1 fully saturated rings. The molecule has 1 atom stereocenters. The van der Waals surface area contributed by atoms with Gasteiger partial charge in [-0.25, -0.2) is 4.79 Å². The van der Waals surface area contributed by atoms with Gasteiger partial charge in [-0.2, -0.15) is 0 Å². The number of nitrogens with one attached hydrogen (secondary N) is 1. The Kier molecular flexibility index (Phi) is 5.61. The fourth-order valence-electron chi connectivity index (χ4n) is 2.86. The van der Waals surface area contributed by atoms with Crippen LogP contribution in [0.4, 0.5) is 4.79 Å². The third kappa shape index (κ3) is 4.56. The molecule has 6 heteroatoms. The summed E-state index contributed by atoms with van der Waals surface area (Å²) in [6.07, 6.45) is 2.68. The molecule has 1 aliphatic rings. The van der Waals surface area contributed by atoms with Gasteiger partial charge in [-0.1, -0.05) is 36.4 Å². The average molecular weight is 339 g/mol. The maximum absolute atomic E-state index is 12.4. The highest BCUT2D eigenvalue weighted by atomic mass is 16.6. The number of rotatable bonds is 5. The van der Waals surface area contributed by atoms with Crippen molar-refractivity contribution in [1.29, 1.82) is 0 Å². The van der Waals surface area contributed by atoms with E-state index in [4.69, 9.17) is 4.74 Å². The Morgan fingerprint density at radius 2 is 1.96 bits per heavy atom. The van der Waals surface area contributed by atoms with Gasteiger partial charge in [0.05, 0.1) is 12.2 Å². The SMILES string of the molecule is O=C(NCc1ccccn1)C1CCCN1C(=O)OCc1ccccc1. The zero-order valence-electron chi connectivity index (χ0n) is 13.9. The van der Waals surface area contributed by atoms with E-state index in [1.165, 1.54) is 4.90 Å². The maximum Gasteiger partial charge on any atom is 0.410 e. The number of ether oxygens (including phenoxy) is 1.